The summed E-state index contributed by atoms with van der Waals surface area (Å²) in [5, 5.41) is 3.20. The molecule has 2 aromatic rings. The third kappa shape index (κ3) is 4.28. The van der Waals surface area contributed by atoms with Crippen LogP contribution in [0, 0.1) is 11.6 Å². The zero-order chi connectivity index (χ0) is 16.1. The molecule has 2 rings (SSSR count). The van der Waals surface area contributed by atoms with Gasteiger partial charge in [0.25, 0.3) is 0 Å². The van der Waals surface area contributed by atoms with E-state index in [-0.39, 0.29) is 18.7 Å². The van der Waals surface area contributed by atoms with E-state index in [2.05, 4.69) is 5.32 Å². The molecule has 0 heterocycles. The van der Waals surface area contributed by atoms with Crippen molar-refractivity contribution in [2.75, 3.05) is 0 Å². The van der Waals surface area contributed by atoms with E-state index in [0.717, 1.165) is 17.4 Å². The Morgan fingerprint density at radius 2 is 1.68 bits per heavy atom. The van der Waals surface area contributed by atoms with Gasteiger partial charge in [-0.2, -0.15) is 0 Å². The highest BCUT2D eigenvalue weighted by atomic mass is 19.2. The van der Waals surface area contributed by atoms with Crippen LogP contribution < -0.4 is 10.1 Å². The molecule has 0 fully saturated rings. The molecule has 22 heavy (non-hydrogen) atoms. The smallest absolute Gasteiger partial charge is 0.163 e. The molecular formula is C18H21F2NO. The Morgan fingerprint density at radius 3 is 2.32 bits per heavy atom. The van der Waals surface area contributed by atoms with Crippen molar-refractivity contribution in [3.05, 3.63) is 65.2 Å². The first-order chi connectivity index (χ1) is 10.5. The Bertz CT molecular complexity index is 611. The molecule has 2 nitrogen and oxygen atoms in total. The normalized spacial score (nSPS) is 12.5. The second-order valence-electron chi connectivity index (χ2n) is 5.55. The first-order valence-electron chi connectivity index (χ1n) is 7.40. The molecule has 0 aromatic heterocycles. The third-order valence-electron chi connectivity index (χ3n) is 3.38. The number of halogens is 2. The van der Waals surface area contributed by atoms with Crippen LogP contribution in [-0.4, -0.2) is 6.10 Å². The first-order valence-corrected chi connectivity index (χ1v) is 7.40. The Balaban J connectivity index is 1.97. The number of nitrogens with one attached hydrogen (secondary N) is 1. The summed E-state index contributed by atoms with van der Waals surface area (Å²) in [5.41, 5.74) is 1.39. The van der Waals surface area contributed by atoms with E-state index in [4.69, 9.17) is 4.74 Å². The van der Waals surface area contributed by atoms with Crippen molar-refractivity contribution >= 4 is 0 Å². The number of ether oxygens (including phenoxy) is 1. The molecule has 0 spiro atoms. The fourth-order valence-corrected chi connectivity index (χ4v) is 2.17. The van der Waals surface area contributed by atoms with Crippen molar-refractivity contribution in [2.45, 2.75) is 39.5 Å². The molecule has 0 saturated carbocycles. The van der Waals surface area contributed by atoms with Crippen molar-refractivity contribution in [1.29, 1.82) is 0 Å². The molecule has 2 aromatic carbocycles. The van der Waals surface area contributed by atoms with Crippen LogP contribution in [0.3, 0.4) is 0 Å². The maximum absolute atomic E-state index is 13.6. The molecule has 0 amide bonds. The average Bonchev–Trinajstić information content (AvgIpc) is 2.48. The molecule has 0 aliphatic heterocycles. The molecule has 0 radical (unpaired) electrons. The SMILES string of the molecule is CC(C)Oc1ccc(C(C)NCc2cccc(F)c2F)cc1. The summed E-state index contributed by atoms with van der Waals surface area (Å²) >= 11 is 0. The average molecular weight is 305 g/mol. The van der Waals surface area contributed by atoms with Crippen molar-refractivity contribution in [2.24, 2.45) is 0 Å². The van der Waals surface area contributed by atoms with Crippen LogP contribution in [-0.2, 0) is 6.54 Å². The highest BCUT2D eigenvalue weighted by Gasteiger charge is 2.10. The lowest BCUT2D eigenvalue weighted by molar-refractivity contribution is 0.242. The van der Waals surface area contributed by atoms with E-state index in [9.17, 15) is 8.78 Å². The van der Waals surface area contributed by atoms with Crippen molar-refractivity contribution in [3.8, 4) is 5.75 Å². The minimum atomic E-state index is -0.817. The molecular weight excluding hydrogens is 284 g/mol. The summed E-state index contributed by atoms with van der Waals surface area (Å²) in [5.74, 6) is -0.785. The van der Waals surface area contributed by atoms with Crippen LogP contribution in [0.1, 0.15) is 37.9 Å². The highest BCUT2D eigenvalue weighted by molar-refractivity contribution is 5.29. The molecule has 118 valence electrons. The van der Waals surface area contributed by atoms with E-state index in [1.807, 2.05) is 45.0 Å². The fourth-order valence-electron chi connectivity index (χ4n) is 2.17. The minimum Gasteiger partial charge on any atom is -0.491 e. The van der Waals surface area contributed by atoms with Crippen molar-refractivity contribution < 1.29 is 13.5 Å². The molecule has 0 aliphatic rings. The molecule has 1 N–H and O–H groups in total. The Hall–Kier alpha value is -1.94. The first kappa shape index (κ1) is 16.4. The van der Waals surface area contributed by atoms with Crippen molar-refractivity contribution in [3.63, 3.8) is 0 Å². The van der Waals surface area contributed by atoms with Crippen LogP contribution in [0.15, 0.2) is 42.5 Å². The fraction of sp³-hybridized carbons (Fsp3) is 0.333. The second kappa shape index (κ2) is 7.36. The van der Waals surface area contributed by atoms with Gasteiger partial charge in [0.05, 0.1) is 6.10 Å². The lowest BCUT2D eigenvalue weighted by Gasteiger charge is -2.16. The van der Waals surface area contributed by atoms with Crippen molar-refractivity contribution in [1.82, 2.24) is 5.32 Å². The summed E-state index contributed by atoms with van der Waals surface area (Å²) < 4.78 is 32.4. The van der Waals surface area contributed by atoms with Gasteiger partial charge in [-0.1, -0.05) is 24.3 Å². The summed E-state index contributed by atoms with van der Waals surface area (Å²) in [6, 6.07) is 12.0. The van der Waals surface area contributed by atoms with Crippen LogP contribution >= 0.6 is 0 Å². The Kier molecular flexibility index (Phi) is 5.50. The van der Waals surface area contributed by atoms with Crippen LogP contribution in [0.2, 0.25) is 0 Å². The number of hydrogen-bond donors (Lipinski definition) is 1. The maximum atomic E-state index is 13.6. The zero-order valence-corrected chi connectivity index (χ0v) is 13.1. The van der Waals surface area contributed by atoms with Crippen LogP contribution in [0.5, 0.6) is 5.75 Å². The molecule has 0 bridgehead atoms. The van der Waals surface area contributed by atoms with Gasteiger partial charge in [-0.25, -0.2) is 8.78 Å². The standard InChI is InChI=1S/C18H21F2NO/c1-12(2)22-16-9-7-14(8-10-16)13(3)21-11-15-5-4-6-17(19)18(15)20/h4-10,12-13,21H,11H2,1-3H3. The minimum absolute atomic E-state index is 0.0239. The summed E-state index contributed by atoms with van der Waals surface area (Å²) in [6.45, 7) is 6.21. The summed E-state index contributed by atoms with van der Waals surface area (Å²) in [7, 11) is 0. The molecule has 4 heteroatoms. The maximum Gasteiger partial charge on any atom is 0.163 e. The van der Waals surface area contributed by atoms with E-state index in [1.54, 1.807) is 6.07 Å². The van der Waals surface area contributed by atoms with Gasteiger partial charge in [0, 0.05) is 18.2 Å². The van der Waals surface area contributed by atoms with Crippen LogP contribution in [0.25, 0.3) is 0 Å². The quantitative estimate of drug-likeness (QED) is 0.842. The van der Waals surface area contributed by atoms with E-state index in [0.29, 0.717) is 5.56 Å². The predicted octanol–water partition coefficient (Wildman–Crippen LogP) is 4.60. The van der Waals surface area contributed by atoms with E-state index >= 15 is 0 Å². The lowest BCUT2D eigenvalue weighted by atomic mass is 10.1. The second-order valence-corrected chi connectivity index (χ2v) is 5.55. The van der Waals surface area contributed by atoms with Crippen LogP contribution in [0.4, 0.5) is 8.78 Å². The summed E-state index contributed by atoms with van der Waals surface area (Å²) in [4.78, 5) is 0. The van der Waals surface area contributed by atoms with Gasteiger partial charge in [-0.15, -0.1) is 0 Å². The molecule has 1 unspecified atom stereocenters. The lowest BCUT2D eigenvalue weighted by Crippen LogP contribution is -2.19. The number of rotatable bonds is 6. The number of hydrogen-bond acceptors (Lipinski definition) is 2. The van der Waals surface area contributed by atoms with Gasteiger partial charge < -0.3 is 10.1 Å². The predicted molar refractivity (Wildman–Crippen MR) is 83.8 cm³/mol. The van der Waals surface area contributed by atoms with E-state index < -0.39 is 11.6 Å². The van der Waals surface area contributed by atoms with Gasteiger partial charge in [0.1, 0.15) is 5.75 Å². The largest absolute Gasteiger partial charge is 0.491 e. The third-order valence-corrected chi connectivity index (χ3v) is 3.38. The Morgan fingerprint density at radius 1 is 1.00 bits per heavy atom. The van der Waals surface area contributed by atoms with Gasteiger partial charge in [0.2, 0.25) is 0 Å². The van der Waals surface area contributed by atoms with Gasteiger partial charge in [-0.3, -0.25) is 0 Å². The Labute approximate surface area is 130 Å². The van der Waals surface area contributed by atoms with E-state index in [1.165, 1.54) is 6.07 Å². The summed E-state index contributed by atoms with van der Waals surface area (Å²) in [6.07, 6.45) is 0.136. The molecule has 0 saturated heterocycles. The zero-order valence-electron chi connectivity index (χ0n) is 13.1. The highest BCUT2D eigenvalue weighted by Crippen LogP contribution is 2.19. The van der Waals surface area contributed by atoms with Gasteiger partial charge >= 0.3 is 0 Å². The molecule has 1 atom stereocenters. The topological polar surface area (TPSA) is 21.3 Å². The van der Waals surface area contributed by atoms with Gasteiger partial charge in [-0.05, 0) is 44.5 Å². The van der Waals surface area contributed by atoms with Gasteiger partial charge in [0.15, 0.2) is 11.6 Å². The molecule has 0 aliphatic carbocycles. The monoisotopic (exact) mass is 305 g/mol. The number of benzene rings is 2.